The molecule has 30 heavy (non-hydrogen) atoms. The van der Waals surface area contributed by atoms with Crippen molar-refractivity contribution in [2.45, 2.75) is 39.8 Å². The van der Waals surface area contributed by atoms with Crippen molar-refractivity contribution in [3.8, 4) is 0 Å². The molecule has 1 aliphatic heterocycles. The predicted molar refractivity (Wildman–Crippen MR) is 124 cm³/mol. The topological polar surface area (TPSA) is 40.6 Å². The van der Waals surface area contributed by atoms with Crippen molar-refractivity contribution in [3.63, 3.8) is 0 Å². The first-order chi connectivity index (χ1) is 14.3. The molecule has 5 heteroatoms. The van der Waals surface area contributed by atoms with Crippen LogP contribution in [0, 0.1) is 5.41 Å². The zero-order chi connectivity index (χ0) is 21.6. The number of carbonyl (C=O) groups is 1. The third-order valence-corrected chi connectivity index (χ3v) is 9.04. The van der Waals surface area contributed by atoms with Crippen LogP contribution < -0.4 is 0 Å². The van der Waals surface area contributed by atoms with Gasteiger partial charge in [0.05, 0.1) is 6.16 Å². The first kappa shape index (κ1) is 22.7. The van der Waals surface area contributed by atoms with E-state index < -0.39 is 12.9 Å². The van der Waals surface area contributed by atoms with E-state index in [-0.39, 0.29) is 11.9 Å². The summed E-state index contributed by atoms with van der Waals surface area (Å²) in [5.74, 6) is 0.0451. The molecule has 2 aromatic rings. The number of Topliss-reactive ketones (excluding diaryl/α,β-unsaturated/α-hetero) is 1. The lowest BCUT2D eigenvalue weighted by molar-refractivity contribution is -0.124. The number of rotatable bonds is 9. The number of benzene rings is 2. The van der Waals surface area contributed by atoms with Gasteiger partial charge in [0.1, 0.15) is 5.78 Å². The molecule has 0 aliphatic carbocycles. The number of ketones is 1. The smallest absolute Gasteiger partial charge is 0.224 e. The summed E-state index contributed by atoms with van der Waals surface area (Å²) in [6.07, 6.45) is 3.38. The van der Waals surface area contributed by atoms with Gasteiger partial charge < -0.3 is 0 Å². The fraction of sp³-hybridized carbons (Fsp3) is 0.400. The van der Waals surface area contributed by atoms with E-state index in [9.17, 15) is 9.36 Å². The molecule has 0 amide bonds. The van der Waals surface area contributed by atoms with Gasteiger partial charge in [-0.15, -0.1) is 6.58 Å². The first-order valence-electron chi connectivity index (χ1n) is 10.7. The number of carbonyl (C=O) groups excluding carboxylic acids is 1. The van der Waals surface area contributed by atoms with Crippen LogP contribution in [0.5, 0.6) is 0 Å². The summed E-state index contributed by atoms with van der Waals surface area (Å²) in [6.45, 7) is 10.3. The average Bonchev–Trinajstić information content (AvgIpc) is 2.73. The molecule has 1 heterocycles. The van der Waals surface area contributed by atoms with Crippen LogP contribution in [0.4, 0.5) is 0 Å². The lowest BCUT2D eigenvalue weighted by Gasteiger charge is -2.44. The van der Waals surface area contributed by atoms with E-state index in [1.165, 1.54) is 0 Å². The molecule has 4 nitrogen and oxygen atoms in total. The van der Waals surface area contributed by atoms with Gasteiger partial charge >= 0.3 is 0 Å². The van der Waals surface area contributed by atoms with E-state index in [0.29, 0.717) is 19.5 Å². The van der Waals surface area contributed by atoms with Crippen molar-refractivity contribution < 1.29 is 9.36 Å². The highest BCUT2D eigenvalue weighted by Gasteiger charge is 2.44. The summed E-state index contributed by atoms with van der Waals surface area (Å²) >= 11 is 0. The van der Waals surface area contributed by atoms with Crippen molar-refractivity contribution in [2.75, 3.05) is 19.3 Å². The van der Waals surface area contributed by atoms with Crippen LogP contribution in [0.3, 0.4) is 0 Å². The minimum Gasteiger partial charge on any atom is -0.298 e. The summed E-state index contributed by atoms with van der Waals surface area (Å²) in [6, 6.07) is 20.2. The van der Waals surface area contributed by atoms with Crippen molar-refractivity contribution >= 4 is 13.2 Å². The van der Waals surface area contributed by atoms with E-state index in [2.05, 4.69) is 40.2 Å². The molecule has 1 fully saturated rings. The van der Waals surface area contributed by atoms with Gasteiger partial charge in [0.15, 0.2) is 0 Å². The Labute approximate surface area is 181 Å². The van der Waals surface area contributed by atoms with Gasteiger partial charge in [0, 0.05) is 31.6 Å². The Hall–Kier alpha value is -2.00. The van der Waals surface area contributed by atoms with Gasteiger partial charge in [0.25, 0.3) is 0 Å². The highest BCUT2D eigenvalue weighted by atomic mass is 31.2. The maximum Gasteiger partial charge on any atom is 0.224 e. The monoisotopic (exact) mass is 424 g/mol. The summed E-state index contributed by atoms with van der Waals surface area (Å²) in [5, 5.41) is 0. The quantitative estimate of drug-likeness (QED) is 0.379. The van der Waals surface area contributed by atoms with Crippen LogP contribution in [0.2, 0.25) is 0 Å². The van der Waals surface area contributed by atoms with Crippen LogP contribution in [0.15, 0.2) is 73.3 Å². The molecule has 160 valence electrons. The standard InChI is InChI=1S/C25H33N2O2P/c1-4-16-25(2,3)24(28)21-30(29)26(19-22-12-7-5-8-13-22)17-11-18-27(30)20-23-14-9-6-10-15-23/h4-10,12-15H,1,11,16-21H2,2-3H3. The number of allylic oxidation sites excluding steroid dienone is 1. The van der Waals surface area contributed by atoms with Gasteiger partial charge in [0.2, 0.25) is 7.44 Å². The van der Waals surface area contributed by atoms with Crippen molar-refractivity contribution in [1.82, 2.24) is 9.34 Å². The number of hydrogen-bond acceptors (Lipinski definition) is 2. The lowest BCUT2D eigenvalue weighted by Crippen LogP contribution is -2.42. The normalized spacial score (nSPS) is 17.5. The molecular weight excluding hydrogens is 391 g/mol. The van der Waals surface area contributed by atoms with Crippen LogP contribution in [-0.4, -0.2) is 34.4 Å². The Morgan fingerprint density at radius 2 is 1.43 bits per heavy atom. The molecule has 0 saturated carbocycles. The Morgan fingerprint density at radius 3 is 1.87 bits per heavy atom. The fourth-order valence-electron chi connectivity index (χ4n) is 3.97. The van der Waals surface area contributed by atoms with E-state index in [0.717, 1.165) is 30.6 Å². The SMILES string of the molecule is C=CCC(C)(C)C(=O)CP1(=O)N(Cc2ccccc2)CCCN1Cc1ccccc1. The van der Waals surface area contributed by atoms with E-state index in [4.69, 9.17) is 0 Å². The second kappa shape index (κ2) is 9.87. The summed E-state index contributed by atoms with van der Waals surface area (Å²) in [5.41, 5.74) is 1.68. The highest BCUT2D eigenvalue weighted by molar-refractivity contribution is 7.60. The highest BCUT2D eigenvalue weighted by Crippen LogP contribution is 2.57. The molecule has 1 saturated heterocycles. The molecule has 0 radical (unpaired) electrons. The predicted octanol–water partition coefficient (Wildman–Crippen LogP) is 5.76. The fourth-order valence-corrected chi connectivity index (χ4v) is 7.21. The molecule has 3 rings (SSSR count). The minimum atomic E-state index is -3.06. The molecule has 0 N–H and O–H groups in total. The van der Waals surface area contributed by atoms with Crippen LogP contribution in [-0.2, 0) is 22.4 Å². The summed E-state index contributed by atoms with van der Waals surface area (Å²) < 4.78 is 18.7. The van der Waals surface area contributed by atoms with Crippen molar-refractivity contribution in [1.29, 1.82) is 0 Å². The van der Waals surface area contributed by atoms with E-state index in [1.807, 2.05) is 50.2 Å². The molecular formula is C25H33N2O2P. The molecule has 2 aromatic carbocycles. The maximum atomic E-state index is 14.6. The Bertz CT molecular complexity index is 842. The summed E-state index contributed by atoms with van der Waals surface area (Å²) in [4.78, 5) is 13.3. The van der Waals surface area contributed by atoms with E-state index >= 15 is 0 Å². The second-order valence-electron chi connectivity index (χ2n) is 8.72. The lowest BCUT2D eigenvalue weighted by atomic mass is 9.85. The second-order valence-corrected chi connectivity index (χ2v) is 11.5. The first-order valence-corrected chi connectivity index (χ1v) is 12.5. The van der Waals surface area contributed by atoms with Gasteiger partial charge in [-0.25, -0.2) is 9.34 Å². The van der Waals surface area contributed by atoms with Crippen LogP contribution >= 0.6 is 7.44 Å². The number of hydrogen-bond donors (Lipinski definition) is 0. The van der Waals surface area contributed by atoms with Gasteiger partial charge in [-0.3, -0.25) is 9.36 Å². The Kier molecular flexibility index (Phi) is 7.46. The Morgan fingerprint density at radius 1 is 0.967 bits per heavy atom. The Balaban J connectivity index is 1.91. The minimum absolute atomic E-state index is 0.0451. The van der Waals surface area contributed by atoms with E-state index in [1.54, 1.807) is 6.08 Å². The molecule has 0 unspecified atom stereocenters. The molecule has 0 atom stereocenters. The average molecular weight is 425 g/mol. The zero-order valence-corrected chi connectivity index (χ0v) is 19.1. The van der Waals surface area contributed by atoms with Crippen LogP contribution in [0.25, 0.3) is 0 Å². The molecule has 0 aromatic heterocycles. The number of nitrogens with zero attached hydrogens (tertiary/aromatic N) is 2. The van der Waals surface area contributed by atoms with Crippen LogP contribution in [0.1, 0.15) is 37.8 Å². The van der Waals surface area contributed by atoms with Crippen molar-refractivity contribution in [2.24, 2.45) is 5.41 Å². The van der Waals surface area contributed by atoms with Gasteiger partial charge in [-0.2, -0.15) is 0 Å². The van der Waals surface area contributed by atoms with Gasteiger partial charge in [-0.05, 0) is 24.0 Å². The third-order valence-electron chi connectivity index (χ3n) is 5.89. The molecule has 0 bridgehead atoms. The van der Waals surface area contributed by atoms with Gasteiger partial charge in [-0.1, -0.05) is 80.6 Å². The molecule has 1 aliphatic rings. The summed E-state index contributed by atoms with van der Waals surface area (Å²) in [7, 11) is -3.06. The molecule has 0 spiro atoms. The zero-order valence-electron chi connectivity index (χ0n) is 18.2. The van der Waals surface area contributed by atoms with Crippen molar-refractivity contribution in [3.05, 3.63) is 84.4 Å². The maximum absolute atomic E-state index is 14.6. The third kappa shape index (κ3) is 5.37. The largest absolute Gasteiger partial charge is 0.298 e.